The zero-order valence-electron chi connectivity index (χ0n) is 34.9. The molecule has 0 saturated heterocycles. The molecule has 0 N–H and O–H groups in total. The molecule has 304 valence electrons. The first-order valence-electron chi connectivity index (χ1n) is 22.4. The number of hydrogen-bond donors (Lipinski definition) is 0. The van der Waals surface area contributed by atoms with Crippen LogP contribution in [-0.4, -0.2) is 25.8 Å². The lowest BCUT2D eigenvalue weighted by Gasteiger charge is -2.28. The van der Waals surface area contributed by atoms with Crippen molar-refractivity contribution >= 4 is 16.7 Å². The molecule has 0 bridgehead atoms. The van der Waals surface area contributed by atoms with Crippen LogP contribution in [0.5, 0.6) is 11.5 Å². The Balaban J connectivity index is 0.890. The molecule has 0 aliphatic heterocycles. The number of esters is 1. The van der Waals surface area contributed by atoms with Crippen LogP contribution in [0.15, 0.2) is 97.6 Å². The van der Waals surface area contributed by atoms with Crippen LogP contribution < -0.4 is 9.47 Å². The van der Waals surface area contributed by atoms with Crippen LogP contribution in [0, 0.1) is 23.7 Å². The van der Waals surface area contributed by atoms with Crippen molar-refractivity contribution in [2.24, 2.45) is 11.8 Å². The second-order valence-electron chi connectivity index (χ2n) is 16.2. The summed E-state index contributed by atoms with van der Waals surface area (Å²) < 4.78 is 17.1. The number of carbonyl (C=O) groups is 1. The first-order chi connectivity index (χ1) is 28.1. The molecule has 4 aromatic rings. The van der Waals surface area contributed by atoms with E-state index in [1.165, 1.54) is 107 Å². The van der Waals surface area contributed by atoms with Crippen molar-refractivity contribution in [2.75, 3.05) is 19.8 Å². The quantitative estimate of drug-likeness (QED) is 0.0291. The summed E-state index contributed by atoms with van der Waals surface area (Å²) in [7, 11) is 0. The third-order valence-electron chi connectivity index (χ3n) is 11.7. The van der Waals surface area contributed by atoms with Gasteiger partial charge in [-0.15, -0.1) is 0 Å². The molecule has 0 heterocycles. The van der Waals surface area contributed by atoms with Crippen LogP contribution in [0.25, 0.3) is 10.8 Å². The molecule has 1 aliphatic carbocycles. The number of aryl methyl sites for hydroxylation is 2. The minimum absolute atomic E-state index is 0.356. The maximum atomic E-state index is 11.1. The summed E-state index contributed by atoms with van der Waals surface area (Å²) in [5.74, 6) is 10.2. The van der Waals surface area contributed by atoms with Gasteiger partial charge in [-0.1, -0.05) is 132 Å². The van der Waals surface area contributed by atoms with Gasteiger partial charge in [-0.2, -0.15) is 0 Å². The van der Waals surface area contributed by atoms with Gasteiger partial charge in [0, 0.05) is 17.2 Å². The van der Waals surface area contributed by atoms with Crippen molar-refractivity contribution in [2.45, 2.75) is 135 Å². The van der Waals surface area contributed by atoms with Gasteiger partial charge in [0.05, 0.1) is 19.8 Å². The van der Waals surface area contributed by atoms with Crippen LogP contribution in [-0.2, 0) is 22.4 Å². The van der Waals surface area contributed by atoms with Gasteiger partial charge in [-0.05, 0) is 140 Å². The third-order valence-corrected chi connectivity index (χ3v) is 11.7. The molecule has 5 rings (SSSR count). The maximum absolute atomic E-state index is 11.1. The molecule has 0 atom stereocenters. The van der Waals surface area contributed by atoms with Crippen LogP contribution in [0.3, 0.4) is 0 Å². The fraction of sp³-hybridized carbons (Fsp3) is 0.491. The van der Waals surface area contributed by atoms with Crippen molar-refractivity contribution in [1.82, 2.24) is 0 Å². The summed E-state index contributed by atoms with van der Waals surface area (Å²) in [5.41, 5.74) is 4.89. The standard InChI is InChI=1S/C53H68O4/c1-3-5-11-16-43-18-22-45(23-19-43)26-27-47-31-35-51(36-32-47)55-38-13-8-6-7-12-17-44-20-24-46(25-21-44)28-29-48-30-33-50-42-52(37-34-49(50)41-48)56-39-14-9-10-15-40-57-53(54)4-2/h4,20-21,24-25,30-37,41-43,45H,2-3,5-19,22-23,26-27,38-40H2,1H3. The Labute approximate surface area is 344 Å². The van der Waals surface area contributed by atoms with E-state index in [9.17, 15) is 4.79 Å². The number of unbranched alkanes of at least 4 members (excludes halogenated alkanes) is 9. The molecule has 0 spiro atoms. The summed E-state index contributed by atoms with van der Waals surface area (Å²) in [6.45, 7) is 7.64. The van der Waals surface area contributed by atoms with Gasteiger partial charge >= 0.3 is 5.97 Å². The Bertz CT molecular complexity index is 1800. The predicted octanol–water partition coefficient (Wildman–Crippen LogP) is 13.8. The number of rotatable bonds is 25. The van der Waals surface area contributed by atoms with E-state index in [0.717, 1.165) is 90.4 Å². The molecule has 0 unspecified atom stereocenters. The molecule has 0 amide bonds. The van der Waals surface area contributed by atoms with Crippen LogP contribution in [0.2, 0.25) is 0 Å². The van der Waals surface area contributed by atoms with Crippen LogP contribution >= 0.6 is 0 Å². The van der Waals surface area contributed by atoms with Crippen LogP contribution in [0.4, 0.5) is 0 Å². The van der Waals surface area contributed by atoms with E-state index >= 15 is 0 Å². The van der Waals surface area contributed by atoms with Crippen molar-refractivity contribution in [3.63, 3.8) is 0 Å². The monoisotopic (exact) mass is 769 g/mol. The average molecular weight is 769 g/mol. The average Bonchev–Trinajstić information content (AvgIpc) is 3.25. The molecule has 1 saturated carbocycles. The lowest BCUT2D eigenvalue weighted by molar-refractivity contribution is -0.137. The van der Waals surface area contributed by atoms with Gasteiger partial charge in [-0.3, -0.25) is 0 Å². The lowest BCUT2D eigenvalue weighted by Crippen LogP contribution is -2.15. The largest absolute Gasteiger partial charge is 0.494 e. The Morgan fingerprint density at radius 3 is 1.84 bits per heavy atom. The van der Waals surface area contributed by atoms with E-state index in [1.54, 1.807) is 0 Å². The van der Waals surface area contributed by atoms with Crippen molar-refractivity contribution < 1.29 is 19.0 Å². The van der Waals surface area contributed by atoms with Crippen molar-refractivity contribution in [3.8, 4) is 23.3 Å². The lowest BCUT2D eigenvalue weighted by atomic mass is 9.78. The molecule has 1 fully saturated rings. The molecule has 4 heteroatoms. The summed E-state index contributed by atoms with van der Waals surface area (Å²) in [6.07, 6.45) is 26.3. The first-order valence-corrected chi connectivity index (χ1v) is 22.4. The van der Waals surface area contributed by atoms with Gasteiger partial charge in [0.15, 0.2) is 0 Å². The van der Waals surface area contributed by atoms with E-state index in [2.05, 4.69) is 104 Å². The van der Waals surface area contributed by atoms with Crippen molar-refractivity contribution in [1.29, 1.82) is 0 Å². The molecular formula is C53H68O4. The fourth-order valence-electron chi connectivity index (χ4n) is 8.04. The van der Waals surface area contributed by atoms with E-state index in [-0.39, 0.29) is 5.97 Å². The van der Waals surface area contributed by atoms with Gasteiger partial charge in [0.25, 0.3) is 0 Å². The second kappa shape index (κ2) is 25.7. The highest BCUT2D eigenvalue weighted by atomic mass is 16.5. The number of benzene rings is 4. The predicted molar refractivity (Wildman–Crippen MR) is 238 cm³/mol. The highest BCUT2D eigenvalue weighted by Gasteiger charge is 2.20. The van der Waals surface area contributed by atoms with E-state index < -0.39 is 0 Å². The molecule has 0 radical (unpaired) electrons. The number of hydrogen-bond acceptors (Lipinski definition) is 4. The third kappa shape index (κ3) is 16.9. The van der Waals surface area contributed by atoms with Gasteiger partial charge in [0.1, 0.15) is 11.5 Å². The Morgan fingerprint density at radius 2 is 1.12 bits per heavy atom. The fourth-order valence-corrected chi connectivity index (χ4v) is 8.04. The zero-order chi connectivity index (χ0) is 39.8. The van der Waals surface area contributed by atoms with Gasteiger partial charge < -0.3 is 14.2 Å². The Hall–Kier alpha value is -4.49. The molecule has 1 aliphatic rings. The summed E-state index contributed by atoms with van der Waals surface area (Å²) >= 11 is 0. The SMILES string of the molecule is C=CC(=O)OCCCCCCOc1ccc2cc(C#Cc3ccc(CCCCCCCOc4ccc(CCC5CCC(CCCCC)CC5)cc4)cc3)ccc2c1. The minimum Gasteiger partial charge on any atom is -0.494 e. The molecule has 4 aromatic carbocycles. The highest BCUT2D eigenvalue weighted by molar-refractivity contribution is 5.85. The van der Waals surface area contributed by atoms with E-state index in [0.29, 0.717) is 13.2 Å². The zero-order valence-corrected chi connectivity index (χ0v) is 34.9. The first kappa shape index (κ1) is 43.6. The smallest absolute Gasteiger partial charge is 0.330 e. The molecule has 0 aromatic heterocycles. The summed E-state index contributed by atoms with van der Waals surface area (Å²) in [5, 5.41) is 2.30. The number of ether oxygens (including phenoxy) is 3. The summed E-state index contributed by atoms with van der Waals surface area (Å²) in [4.78, 5) is 11.1. The normalized spacial score (nSPS) is 15.1. The molecule has 4 nitrogen and oxygen atoms in total. The molecule has 57 heavy (non-hydrogen) atoms. The van der Waals surface area contributed by atoms with E-state index in [4.69, 9.17) is 14.2 Å². The van der Waals surface area contributed by atoms with E-state index in [1.807, 2.05) is 6.07 Å². The highest BCUT2D eigenvalue weighted by Crippen LogP contribution is 2.34. The maximum Gasteiger partial charge on any atom is 0.330 e. The second-order valence-corrected chi connectivity index (χ2v) is 16.2. The van der Waals surface area contributed by atoms with Gasteiger partial charge in [-0.25, -0.2) is 4.79 Å². The Morgan fingerprint density at radius 1 is 0.579 bits per heavy atom. The summed E-state index contributed by atoms with van der Waals surface area (Å²) in [6, 6.07) is 30.2. The topological polar surface area (TPSA) is 44.8 Å². The van der Waals surface area contributed by atoms with Crippen LogP contribution in [0.1, 0.15) is 145 Å². The Kier molecular flexibility index (Phi) is 19.7. The minimum atomic E-state index is -0.356. The van der Waals surface area contributed by atoms with Crippen molar-refractivity contribution in [3.05, 3.63) is 120 Å². The number of carbonyl (C=O) groups excluding carboxylic acids is 1. The molecular weight excluding hydrogens is 701 g/mol. The number of fused-ring (bicyclic) bond motifs is 1. The van der Waals surface area contributed by atoms with Gasteiger partial charge in [0.2, 0.25) is 0 Å².